The molecule has 0 fully saturated rings. The maximum Gasteiger partial charge on any atom is 0.213 e. The number of halogens is 1. The topological polar surface area (TPSA) is 58.5 Å². The molecular weight excluding hydrogens is 411 g/mol. The third-order valence-electron chi connectivity index (χ3n) is 2.74. The molecule has 2 aromatic rings. The lowest BCUT2D eigenvalue weighted by Gasteiger charge is -2.10. The van der Waals surface area contributed by atoms with Gasteiger partial charge in [-0.1, -0.05) is 12.1 Å². The van der Waals surface area contributed by atoms with Crippen LogP contribution in [0.25, 0.3) is 0 Å². The van der Waals surface area contributed by atoms with Crippen molar-refractivity contribution in [1.29, 1.82) is 0 Å². The highest BCUT2D eigenvalue weighted by atomic mass is 127. The maximum absolute atomic E-state index is 5.12. The van der Waals surface area contributed by atoms with E-state index in [1.807, 2.05) is 31.2 Å². The van der Waals surface area contributed by atoms with Gasteiger partial charge in [0.15, 0.2) is 5.96 Å². The van der Waals surface area contributed by atoms with Crippen LogP contribution in [0.1, 0.15) is 17.5 Å². The molecule has 0 aliphatic heterocycles. The molecule has 0 aromatic carbocycles. The van der Waals surface area contributed by atoms with Crippen LogP contribution < -0.4 is 15.4 Å². The van der Waals surface area contributed by atoms with Gasteiger partial charge in [-0.3, -0.25) is 0 Å². The van der Waals surface area contributed by atoms with Gasteiger partial charge in [-0.2, -0.15) is 0 Å². The highest BCUT2D eigenvalue weighted by molar-refractivity contribution is 14.0. The van der Waals surface area contributed by atoms with Crippen molar-refractivity contribution >= 4 is 41.3 Å². The summed E-state index contributed by atoms with van der Waals surface area (Å²) in [7, 11) is 1.61. The van der Waals surface area contributed by atoms with Crippen molar-refractivity contribution in [3.63, 3.8) is 0 Å². The summed E-state index contributed by atoms with van der Waals surface area (Å²) >= 11 is 1.73. The number of ether oxygens (including phenoxy) is 1. The molecule has 0 spiro atoms. The molecule has 5 nitrogen and oxygen atoms in total. The van der Waals surface area contributed by atoms with Gasteiger partial charge in [0, 0.05) is 17.5 Å². The van der Waals surface area contributed by atoms with Crippen molar-refractivity contribution in [1.82, 2.24) is 15.6 Å². The van der Waals surface area contributed by atoms with E-state index < -0.39 is 0 Å². The van der Waals surface area contributed by atoms with Crippen LogP contribution in [0.3, 0.4) is 0 Å². The lowest BCUT2D eigenvalue weighted by Crippen LogP contribution is -2.36. The number of hydrogen-bond donors (Lipinski definition) is 2. The molecule has 22 heavy (non-hydrogen) atoms. The Morgan fingerprint density at radius 2 is 2.14 bits per heavy atom. The number of methoxy groups -OCH3 is 1. The molecule has 2 aromatic heterocycles. The van der Waals surface area contributed by atoms with Crippen molar-refractivity contribution in [2.45, 2.75) is 20.0 Å². The molecule has 0 unspecified atom stereocenters. The minimum Gasteiger partial charge on any atom is -0.481 e. The zero-order valence-corrected chi connectivity index (χ0v) is 15.9. The van der Waals surface area contributed by atoms with Gasteiger partial charge in [0.05, 0.1) is 25.9 Å². The number of aromatic nitrogens is 1. The summed E-state index contributed by atoms with van der Waals surface area (Å²) in [6, 6.07) is 9.84. The third kappa shape index (κ3) is 6.18. The molecule has 2 N–H and O–H groups in total. The molecule has 2 rings (SSSR count). The second-order valence-corrected chi connectivity index (χ2v) is 5.33. The summed E-state index contributed by atoms with van der Waals surface area (Å²) < 4.78 is 5.12. The standard InChI is InChI=1S/C15H20N4OS.HI/c1-3-16-15(18-11-13-7-5-9-21-13)17-10-12-6-4-8-14(19-12)20-2;/h4-9H,3,10-11H2,1-2H3,(H2,16,17,18);1H. The molecule has 120 valence electrons. The van der Waals surface area contributed by atoms with Crippen LogP contribution in [-0.2, 0) is 13.1 Å². The fraction of sp³-hybridized carbons (Fsp3) is 0.333. The van der Waals surface area contributed by atoms with Gasteiger partial charge < -0.3 is 15.4 Å². The molecule has 2 heterocycles. The van der Waals surface area contributed by atoms with Crippen molar-refractivity contribution in [2.24, 2.45) is 4.99 Å². The smallest absolute Gasteiger partial charge is 0.213 e. The molecule has 0 saturated heterocycles. The minimum absolute atomic E-state index is 0. The summed E-state index contributed by atoms with van der Waals surface area (Å²) in [6.45, 7) is 4.15. The molecule has 0 aliphatic rings. The highest BCUT2D eigenvalue weighted by Gasteiger charge is 2.00. The molecule has 0 amide bonds. The third-order valence-corrected chi connectivity index (χ3v) is 3.62. The molecule has 0 atom stereocenters. The van der Waals surface area contributed by atoms with Gasteiger partial charge in [-0.15, -0.1) is 35.3 Å². The Hall–Kier alpha value is -1.35. The van der Waals surface area contributed by atoms with E-state index in [0.29, 0.717) is 12.4 Å². The van der Waals surface area contributed by atoms with Crippen LogP contribution in [0, 0.1) is 0 Å². The summed E-state index contributed by atoms with van der Waals surface area (Å²) in [4.78, 5) is 10.2. The van der Waals surface area contributed by atoms with Crippen LogP contribution >= 0.6 is 35.3 Å². The van der Waals surface area contributed by atoms with Crippen molar-refractivity contribution in [3.05, 3.63) is 46.3 Å². The Bertz CT molecular complexity index is 575. The van der Waals surface area contributed by atoms with Gasteiger partial charge >= 0.3 is 0 Å². The number of aliphatic imine (C=N–C) groups is 1. The van der Waals surface area contributed by atoms with E-state index in [1.165, 1.54) is 4.88 Å². The number of hydrogen-bond acceptors (Lipinski definition) is 4. The van der Waals surface area contributed by atoms with Crippen molar-refractivity contribution in [2.75, 3.05) is 13.7 Å². The quantitative estimate of drug-likeness (QED) is 0.419. The number of rotatable bonds is 6. The average molecular weight is 432 g/mol. The van der Waals surface area contributed by atoms with E-state index in [9.17, 15) is 0 Å². The molecular formula is C15H21IN4OS. The van der Waals surface area contributed by atoms with Crippen LogP contribution in [0.2, 0.25) is 0 Å². The van der Waals surface area contributed by atoms with E-state index in [1.54, 1.807) is 18.4 Å². The molecule has 7 heteroatoms. The first-order valence-electron chi connectivity index (χ1n) is 6.86. The molecule has 0 bridgehead atoms. The van der Waals surface area contributed by atoms with Crippen molar-refractivity contribution in [3.8, 4) is 5.88 Å². The summed E-state index contributed by atoms with van der Waals surface area (Å²) in [6.07, 6.45) is 0. The lowest BCUT2D eigenvalue weighted by molar-refractivity contribution is 0.396. The Labute approximate surface area is 152 Å². The van der Waals surface area contributed by atoms with E-state index in [0.717, 1.165) is 24.7 Å². The first kappa shape index (κ1) is 18.7. The van der Waals surface area contributed by atoms with Gasteiger partial charge in [-0.05, 0) is 24.4 Å². The number of guanidine groups is 1. The number of nitrogens with zero attached hydrogens (tertiary/aromatic N) is 2. The average Bonchev–Trinajstić information content (AvgIpc) is 3.03. The highest BCUT2D eigenvalue weighted by Crippen LogP contribution is 2.08. The summed E-state index contributed by atoms with van der Waals surface area (Å²) in [5.41, 5.74) is 0.877. The molecule has 0 saturated carbocycles. The van der Waals surface area contributed by atoms with E-state index in [2.05, 4.69) is 32.1 Å². The number of pyridine rings is 1. The predicted molar refractivity (Wildman–Crippen MR) is 102 cm³/mol. The number of nitrogens with one attached hydrogen (secondary N) is 2. The normalized spacial score (nSPS) is 10.7. The van der Waals surface area contributed by atoms with E-state index in [4.69, 9.17) is 4.74 Å². The van der Waals surface area contributed by atoms with Gasteiger partial charge in [-0.25, -0.2) is 9.98 Å². The van der Waals surface area contributed by atoms with Gasteiger partial charge in [0.1, 0.15) is 0 Å². The predicted octanol–water partition coefficient (Wildman–Crippen LogP) is 3.03. The Morgan fingerprint density at radius 1 is 1.27 bits per heavy atom. The Kier molecular flexibility index (Phi) is 8.83. The van der Waals surface area contributed by atoms with Gasteiger partial charge in [0.2, 0.25) is 5.88 Å². The van der Waals surface area contributed by atoms with E-state index in [-0.39, 0.29) is 24.0 Å². The number of thiophene rings is 1. The second kappa shape index (κ2) is 10.4. The largest absolute Gasteiger partial charge is 0.481 e. The first-order valence-corrected chi connectivity index (χ1v) is 7.74. The first-order chi connectivity index (χ1) is 10.3. The summed E-state index contributed by atoms with van der Waals surface area (Å²) in [5.74, 6) is 1.40. The van der Waals surface area contributed by atoms with Crippen LogP contribution in [0.15, 0.2) is 40.7 Å². The minimum atomic E-state index is 0. The molecule has 0 aliphatic carbocycles. The second-order valence-electron chi connectivity index (χ2n) is 4.30. The lowest BCUT2D eigenvalue weighted by atomic mass is 10.3. The maximum atomic E-state index is 5.12. The Balaban J connectivity index is 0.00000242. The molecule has 0 radical (unpaired) electrons. The van der Waals surface area contributed by atoms with Gasteiger partial charge in [0.25, 0.3) is 0 Å². The monoisotopic (exact) mass is 432 g/mol. The zero-order chi connectivity index (χ0) is 14.9. The van der Waals surface area contributed by atoms with Crippen LogP contribution in [0.4, 0.5) is 0 Å². The fourth-order valence-electron chi connectivity index (χ4n) is 1.75. The van der Waals surface area contributed by atoms with E-state index >= 15 is 0 Å². The van der Waals surface area contributed by atoms with Crippen LogP contribution in [-0.4, -0.2) is 24.6 Å². The zero-order valence-electron chi connectivity index (χ0n) is 12.7. The Morgan fingerprint density at radius 3 is 2.82 bits per heavy atom. The van der Waals surface area contributed by atoms with Crippen LogP contribution in [0.5, 0.6) is 5.88 Å². The summed E-state index contributed by atoms with van der Waals surface area (Å²) in [5, 5.41) is 8.61. The fourth-order valence-corrected chi connectivity index (χ4v) is 2.39. The SMILES string of the molecule is CCNC(=NCc1cccc(OC)n1)NCc1cccs1.I. The van der Waals surface area contributed by atoms with Crippen molar-refractivity contribution < 1.29 is 4.74 Å².